The molecule has 0 N–H and O–H groups in total. The summed E-state index contributed by atoms with van der Waals surface area (Å²) in [5.74, 6) is 2.37. The predicted molar refractivity (Wildman–Crippen MR) is 235 cm³/mol. The van der Waals surface area contributed by atoms with Crippen LogP contribution in [0.15, 0.2) is 182 Å². The average Bonchev–Trinajstić information content (AvgIpc) is 3.92. The van der Waals surface area contributed by atoms with Crippen molar-refractivity contribution >= 4 is 54.6 Å². The number of benzene rings is 7. The van der Waals surface area contributed by atoms with Crippen LogP contribution >= 0.6 is 0 Å². The highest BCUT2D eigenvalue weighted by molar-refractivity contribution is 6.12. The van der Waals surface area contributed by atoms with E-state index in [1.54, 1.807) is 0 Å². The second-order valence-corrected chi connectivity index (χ2v) is 15.9. The molecule has 0 amide bonds. The number of fused-ring (bicyclic) bond motifs is 7. The summed E-state index contributed by atoms with van der Waals surface area (Å²) in [5.41, 5.74) is 10.9. The van der Waals surface area contributed by atoms with E-state index in [9.17, 15) is 0 Å². The van der Waals surface area contributed by atoms with Crippen molar-refractivity contribution in [2.45, 2.75) is 26.2 Å². The van der Waals surface area contributed by atoms with Gasteiger partial charge in [-0.15, -0.1) is 0 Å². The summed E-state index contributed by atoms with van der Waals surface area (Å²) in [6.45, 7) is 6.70. The standard InChI is InChI=1S/C52H39N5O/c1-52(2,3)35-29-30-53-50(31-35)57-43-21-9-7-19-40(43)41-28-27-39(33-49(41)57)58-38-18-13-17-37(32-38)54-34-55(46-24-12-11-23-45(46)54)47-25-14-26-48-51(47)42-20-8-10-22-44(42)56(48)36-15-5-4-6-16-36/h4-33H,1-3H3. The molecule has 11 rings (SSSR count). The Morgan fingerprint density at radius 3 is 2.00 bits per heavy atom. The number of hydrogen-bond donors (Lipinski definition) is 0. The molecule has 0 radical (unpaired) electrons. The molecule has 11 aromatic rings. The number of hydrogen-bond acceptors (Lipinski definition) is 2. The van der Waals surface area contributed by atoms with E-state index in [4.69, 9.17) is 9.72 Å². The molecule has 6 heteroatoms. The molecule has 4 aromatic heterocycles. The lowest BCUT2D eigenvalue weighted by molar-refractivity contribution is -0.570. The first-order valence-corrected chi connectivity index (χ1v) is 19.7. The van der Waals surface area contributed by atoms with Crippen molar-refractivity contribution in [2.75, 3.05) is 0 Å². The quantitative estimate of drug-likeness (QED) is 0.125. The van der Waals surface area contributed by atoms with Crippen LogP contribution in [0.3, 0.4) is 0 Å². The normalized spacial score (nSPS) is 12.1. The minimum Gasteiger partial charge on any atom is -0.458 e. The summed E-state index contributed by atoms with van der Waals surface area (Å²) in [6, 6.07) is 61.7. The zero-order valence-corrected chi connectivity index (χ0v) is 32.5. The Labute approximate surface area is 336 Å². The van der Waals surface area contributed by atoms with Crippen molar-refractivity contribution in [3.8, 4) is 34.4 Å². The molecule has 7 aromatic carbocycles. The highest BCUT2D eigenvalue weighted by Gasteiger charge is 2.21. The van der Waals surface area contributed by atoms with Gasteiger partial charge in [-0.1, -0.05) is 112 Å². The lowest BCUT2D eigenvalue weighted by atomic mass is 9.88. The molecule has 0 saturated carbocycles. The van der Waals surface area contributed by atoms with Gasteiger partial charge in [0.25, 0.3) is 6.33 Å². The summed E-state index contributed by atoms with van der Waals surface area (Å²) in [6.07, 6.45) is 5.67. The second-order valence-electron chi connectivity index (χ2n) is 15.9. The van der Waals surface area contributed by atoms with E-state index in [0.29, 0.717) is 0 Å². The number of nitrogens with zero attached hydrogens (tertiary/aromatic N) is 5. The maximum absolute atomic E-state index is 6.70. The van der Waals surface area contributed by atoms with Gasteiger partial charge in [-0.3, -0.25) is 13.7 Å². The van der Waals surface area contributed by atoms with Gasteiger partial charge in [0.05, 0.1) is 44.5 Å². The molecular formula is C52H39N5O. The van der Waals surface area contributed by atoms with Crippen LogP contribution in [0, 0.1) is 6.33 Å². The van der Waals surface area contributed by atoms with Gasteiger partial charge in [-0.2, -0.15) is 0 Å². The third-order valence-corrected chi connectivity index (χ3v) is 11.3. The van der Waals surface area contributed by atoms with E-state index in [1.807, 2.05) is 18.3 Å². The Morgan fingerprint density at radius 1 is 0.517 bits per heavy atom. The number of para-hydroxylation sites is 5. The number of pyridine rings is 1. The minimum absolute atomic E-state index is 0.00635. The van der Waals surface area contributed by atoms with E-state index in [-0.39, 0.29) is 5.41 Å². The summed E-state index contributed by atoms with van der Waals surface area (Å²) in [7, 11) is 0. The highest BCUT2D eigenvalue weighted by atomic mass is 16.5. The summed E-state index contributed by atoms with van der Waals surface area (Å²) >= 11 is 0. The van der Waals surface area contributed by atoms with Crippen molar-refractivity contribution in [3.05, 3.63) is 194 Å². The van der Waals surface area contributed by atoms with Crippen LogP contribution in [-0.2, 0) is 5.41 Å². The Kier molecular flexibility index (Phi) is 7.63. The van der Waals surface area contributed by atoms with Crippen LogP contribution in [-0.4, -0.2) is 18.7 Å². The number of rotatable bonds is 6. The Morgan fingerprint density at radius 2 is 1.17 bits per heavy atom. The van der Waals surface area contributed by atoms with Crippen LogP contribution in [0.1, 0.15) is 26.3 Å². The Balaban J connectivity index is 1.02. The molecule has 0 unspecified atom stereocenters. The first-order valence-electron chi connectivity index (χ1n) is 19.7. The molecule has 4 heterocycles. The second kappa shape index (κ2) is 13.1. The van der Waals surface area contributed by atoms with Crippen LogP contribution < -0.4 is 9.30 Å². The van der Waals surface area contributed by atoms with Crippen LogP contribution in [0.5, 0.6) is 11.5 Å². The molecule has 0 fully saturated rings. The van der Waals surface area contributed by atoms with Crippen LogP contribution in [0.2, 0.25) is 0 Å². The first kappa shape index (κ1) is 33.9. The van der Waals surface area contributed by atoms with Crippen LogP contribution in [0.25, 0.3) is 77.5 Å². The molecule has 0 spiro atoms. The van der Waals surface area contributed by atoms with Gasteiger partial charge < -0.3 is 9.30 Å². The smallest absolute Gasteiger partial charge is 0.269 e. The first-order chi connectivity index (χ1) is 28.4. The SMILES string of the molecule is CC(C)(C)c1ccnc(-n2c3ccccc3c3ccc(Oc4cccc(-n5[c-][n+](-c6cccc7c6c6ccccc6n7-c6ccccc6)c6ccccc65)c4)cc32)c1. The third-order valence-electron chi connectivity index (χ3n) is 11.3. The third kappa shape index (κ3) is 5.40. The van der Waals surface area contributed by atoms with Gasteiger partial charge in [0.1, 0.15) is 17.3 Å². The van der Waals surface area contributed by atoms with Crippen molar-refractivity contribution in [1.82, 2.24) is 18.7 Å². The largest absolute Gasteiger partial charge is 0.458 e. The van der Waals surface area contributed by atoms with Gasteiger partial charge in [0.15, 0.2) is 0 Å². The van der Waals surface area contributed by atoms with E-state index in [0.717, 1.165) is 67.3 Å². The molecule has 0 saturated heterocycles. The van der Waals surface area contributed by atoms with Gasteiger partial charge in [0, 0.05) is 39.5 Å². The minimum atomic E-state index is -0.00635. The number of aromatic nitrogens is 5. The maximum Gasteiger partial charge on any atom is 0.269 e. The Hall–Kier alpha value is -7.44. The predicted octanol–water partition coefficient (Wildman–Crippen LogP) is 12.4. The fraction of sp³-hybridized carbons (Fsp3) is 0.0769. The van der Waals surface area contributed by atoms with Gasteiger partial charge in [-0.25, -0.2) is 4.98 Å². The molecule has 0 aliphatic carbocycles. The zero-order valence-electron chi connectivity index (χ0n) is 32.5. The van der Waals surface area contributed by atoms with Crippen molar-refractivity contribution in [3.63, 3.8) is 0 Å². The fourth-order valence-corrected chi connectivity index (χ4v) is 8.56. The van der Waals surface area contributed by atoms with Crippen molar-refractivity contribution in [2.24, 2.45) is 0 Å². The summed E-state index contributed by atoms with van der Waals surface area (Å²) in [5, 5.41) is 4.70. The average molecular weight is 750 g/mol. The number of imidazole rings is 1. The molecule has 0 aliphatic rings. The zero-order chi connectivity index (χ0) is 39.0. The maximum atomic E-state index is 6.70. The van der Waals surface area contributed by atoms with Crippen molar-refractivity contribution < 1.29 is 9.30 Å². The summed E-state index contributed by atoms with van der Waals surface area (Å²) < 4.78 is 15.6. The molecule has 0 bridgehead atoms. The molecule has 0 aliphatic heterocycles. The molecular weight excluding hydrogens is 711 g/mol. The van der Waals surface area contributed by atoms with Crippen LogP contribution in [0.4, 0.5) is 0 Å². The monoisotopic (exact) mass is 749 g/mol. The fourth-order valence-electron chi connectivity index (χ4n) is 8.56. The number of ether oxygens (including phenoxy) is 1. The van der Waals surface area contributed by atoms with Gasteiger partial charge in [-0.05, 0) is 89.8 Å². The lowest BCUT2D eigenvalue weighted by Gasteiger charge is -2.20. The van der Waals surface area contributed by atoms with Crippen molar-refractivity contribution in [1.29, 1.82) is 0 Å². The lowest BCUT2D eigenvalue weighted by Crippen LogP contribution is -2.29. The Bertz CT molecular complexity index is 3360. The molecule has 6 nitrogen and oxygen atoms in total. The summed E-state index contributed by atoms with van der Waals surface area (Å²) in [4.78, 5) is 4.86. The van der Waals surface area contributed by atoms with E-state index >= 15 is 0 Å². The topological polar surface area (TPSA) is 40.8 Å². The molecule has 58 heavy (non-hydrogen) atoms. The molecule has 278 valence electrons. The highest BCUT2D eigenvalue weighted by Crippen LogP contribution is 2.38. The van der Waals surface area contributed by atoms with E-state index in [1.165, 1.54) is 27.2 Å². The van der Waals surface area contributed by atoms with Gasteiger partial charge in [0.2, 0.25) is 0 Å². The van der Waals surface area contributed by atoms with Gasteiger partial charge >= 0.3 is 0 Å². The molecule has 0 atom stereocenters. The van der Waals surface area contributed by atoms with E-state index in [2.05, 4.69) is 209 Å². The van der Waals surface area contributed by atoms with E-state index < -0.39 is 0 Å².